The molecule has 1 amide bonds. The molecule has 118 valence electrons. The second kappa shape index (κ2) is 4.36. The molecule has 1 atom stereocenters. The van der Waals surface area contributed by atoms with Gasteiger partial charge in [0.05, 0.1) is 5.92 Å². The van der Waals surface area contributed by atoms with Crippen LogP contribution in [0.4, 0.5) is 13.2 Å². The first-order chi connectivity index (χ1) is 9.71. The third-order valence-electron chi connectivity index (χ3n) is 5.53. The molecule has 4 nitrogen and oxygen atoms in total. The molecule has 0 bridgehead atoms. The Hall–Kier alpha value is -1.27. The molecule has 0 aromatic rings. The Labute approximate surface area is 120 Å². The Kier molecular flexibility index (Phi) is 3.05. The summed E-state index contributed by atoms with van der Waals surface area (Å²) >= 11 is 0. The van der Waals surface area contributed by atoms with E-state index in [2.05, 4.69) is 0 Å². The van der Waals surface area contributed by atoms with Crippen molar-refractivity contribution in [1.82, 2.24) is 4.90 Å². The number of aliphatic carboxylic acids is 1. The fourth-order valence-corrected chi connectivity index (χ4v) is 3.93. The Balaban J connectivity index is 1.77. The average Bonchev–Trinajstić information content (AvgIpc) is 3.15. The summed E-state index contributed by atoms with van der Waals surface area (Å²) in [4.78, 5) is 25.0. The largest absolute Gasteiger partial charge is 0.480 e. The number of carbonyl (C=O) groups excluding carboxylic acids is 1. The number of alkyl halides is 3. The van der Waals surface area contributed by atoms with Gasteiger partial charge in [-0.2, -0.15) is 13.2 Å². The number of carbonyl (C=O) groups is 2. The lowest BCUT2D eigenvalue weighted by molar-refractivity contribution is -0.238. The quantitative estimate of drug-likeness (QED) is 0.797. The minimum absolute atomic E-state index is 0.0137. The van der Waals surface area contributed by atoms with Crippen molar-refractivity contribution in [2.45, 2.75) is 44.7 Å². The predicted molar refractivity (Wildman–Crippen MR) is 66.3 cm³/mol. The highest BCUT2D eigenvalue weighted by Crippen LogP contribution is 2.57. The molecule has 2 saturated carbocycles. The number of hydrogen-bond donors (Lipinski definition) is 1. The molecular formula is C14H18F3NO3. The normalized spacial score (nSPS) is 29.9. The fraction of sp³-hybridized carbons (Fsp3) is 0.857. The lowest BCUT2D eigenvalue weighted by atomic mass is 9.58. The van der Waals surface area contributed by atoms with Gasteiger partial charge in [-0.3, -0.25) is 9.59 Å². The predicted octanol–water partition coefficient (Wildman–Crippen LogP) is 2.43. The van der Waals surface area contributed by atoms with Crippen molar-refractivity contribution in [3.8, 4) is 0 Å². The van der Waals surface area contributed by atoms with Crippen molar-refractivity contribution >= 4 is 11.9 Å². The zero-order chi connectivity index (χ0) is 15.5. The molecular weight excluding hydrogens is 287 g/mol. The number of piperidine rings is 1. The highest BCUT2D eigenvalue weighted by atomic mass is 19.4. The maximum atomic E-state index is 13.2. The molecule has 1 N–H and O–H groups in total. The van der Waals surface area contributed by atoms with Crippen LogP contribution in [0.5, 0.6) is 0 Å². The number of carboxylic acid groups (broad SMARTS) is 1. The third-order valence-corrected chi connectivity index (χ3v) is 5.53. The SMILES string of the molecule is O=C(O)C1(C(=O)N2CCC(C(F)(F)F)C3(CCC3)C2)CC1. The molecule has 1 spiro atoms. The maximum Gasteiger partial charge on any atom is 0.392 e. The van der Waals surface area contributed by atoms with Gasteiger partial charge in [0.1, 0.15) is 5.41 Å². The zero-order valence-electron chi connectivity index (χ0n) is 11.6. The number of rotatable bonds is 2. The Morgan fingerprint density at radius 3 is 2.14 bits per heavy atom. The lowest BCUT2D eigenvalue weighted by Crippen LogP contribution is -2.59. The van der Waals surface area contributed by atoms with E-state index in [9.17, 15) is 22.8 Å². The number of halogens is 3. The first kappa shape index (κ1) is 14.7. The van der Waals surface area contributed by atoms with Crippen molar-refractivity contribution in [1.29, 1.82) is 0 Å². The highest BCUT2D eigenvalue weighted by Gasteiger charge is 2.63. The van der Waals surface area contributed by atoms with Crippen LogP contribution in [0.25, 0.3) is 0 Å². The van der Waals surface area contributed by atoms with E-state index in [1.54, 1.807) is 0 Å². The molecule has 3 fully saturated rings. The second-order valence-electron chi connectivity index (χ2n) is 6.71. The van der Waals surface area contributed by atoms with Gasteiger partial charge in [-0.05, 0) is 37.5 Å². The Morgan fingerprint density at radius 1 is 1.14 bits per heavy atom. The molecule has 1 heterocycles. The van der Waals surface area contributed by atoms with Crippen LogP contribution in [0.3, 0.4) is 0 Å². The zero-order valence-corrected chi connectivity index (χ0v) is 11.6. The molecule has 2 aliphatic carbocycles. The second-order valence-corrected chi connectivity index (χ2v) is 6.71. The Morgan fingerprint density at radius 2 is 1.76 bits per heavy atom. The van der Waals surface area contributed by atoms with Crippen LogP contribution in [-0.4, -0.2) is 41.1 Å². The van der Waals surface area contributed by atoms with Gasteiger partial charge < -0.3 is 10.0 Å². The van der Waals surface area contributed by atoms with E-state index in [1.807, 2.05) is 0 Å². The first-order valence-corrected chi connectivity index (χ1v) is 7.31. The van der Waals surface area contributed by atoms with Gasteiger partial charge in [-0.1, -0.05) is 6.42 Å². The molecule has 21 heavy (non-hydrogen) atoms. The van der Waals surface area contributed by atoms with Gasteiger partial charge in [0.2, 0.25) is 5.91 Å². The fourth-order valence-electron chi connectivity index (χ4n) is 3.93. The molecule has 1 aliphatic heterocycles. The summed E-state index contributed by atoms with van der Waals surface area (Å²) in [6.07, 6.45) is -2.05. The van der Waals surface area contributed by atoms with E-state index in [-0.39, 0.29) is 19.5 Å². The summed E-state index contributed by atoms with van der Waals surface area (Å²) in [5.41, 5.74) is -2.23. The first-order valence-electron chi connectivity index (χ1n) is 7.31. The van der Waals surface area contributed by atoms with Crippen molar-refractivity contribution in [2.75, 3.05) is 13.1 Å². The van der Waals surface area contributed by atoms with Crippen molar-refractivity contribution in [3.05, 3.63) is 0 Å². The van der Waals surface area contributed by atoms with Crippen LogP contribution >= 0.6 is 0 Å². The van der Waals surface area contributed by atoms with Gasteiger partial charge >= 0.3 is 12.1 Å². The molecule has 0 radical (unpaired) electrons. The van der Waals surface area contributed by atoms with E-state index in [0.717, 1.165) is 6.42 Å². The monoisotopic (exact) mass is 305 g/mol. The van der Waals surface area contributed by atoms with Gasteiger partial charge in [0, 0.05) is 13.1 Å². The number of hydrogen-bond acceptors (Lipinski definition) is 2. The molecule has 1 unspecified atom stereocenters. The van der Waals surface area contributed by atoms with Crippen LogP contribution < -0.4 is 0 Å². The number of amides is 1. The molecule has 7 heteroatoms. The Bertz CT molecular complexity index is 480. The van der Waals surface area contributed by atoms with Gasteiger partial charge in [0.25, 0.3) is 0 Å². The summed E-state index contributed by atoms with van der Waals surface area (Å²) < 4.78 is 39.5. The van der Waals surface area contributed by atoms with Gasteiger partial charge in [-0.25, -0.2) is 0 Å². The number of carboxylic acids is 1. The number of likely N-dealkylation sites (tertiary alicyclic amines) is 1. The summed E-state index contributed by atoms with van der Waals surface area (Å²) in [5, 5.41) is 9.16. The van der Waals surface area contributed by atoms with Gasteiger partial charge in [-0.15, -0.1) is 0 Å². The van der Waals surface area contributed by atoms with E-state index < -0.39 is 34.8 Å². The van der Waals surface area contributed by atoms with Crippen LogP contribution in [0, 0.1) is 16.7 Å². The summed E-state index contributed by atoms with van der Waals surface area (Å²) in [7, 11) is 0. The summed E-state index contributed by atoms with van der Waals surface area (Å²) in [6.45, 7) is 0.0742. The smallest absolute Gasteiger partial charge is 0.392 e. The molecule has 1 saturated heterocycles. The van der Waals surface area contributed by atoms with E-state index >= 15 is 0 Å². The van der Waals surface area contributed by atoms with Crippen LogP contribution in [0.2, 0.25) is 0 Å². The van der Waals surface area contributed by atoms with Crippen LogP contribution in [0.15, 0.2) is 0 Å². The van der Waals surface area contributed by atoms with Crippen molar-refractivity contribution < 1.29 is 27.9 Å². The van der Waals surface area contributed by atoms with E-state index in [1.165, 1.54) is 4.90 Å². The minimum Gasteiger partial charge on any atom is -0.480 e. The average molecular weight is 305 g/mol. The standard InChI is InChI=1S/C14H18F3NO3/c15-14(16,17)9-2-7-18(8-12(9)3-1-4-12)10(19)13(5-6-13)11(20)21/h9H,1-8H2,(H,20,21). The van der Waals surface area contributed by atoms with Gasteiger partial charge in [0.15, 0.2) is 0 Å². The van der Waals surface area contributed by atoms with Crippen molar-refractivity contribution in [3.63, 3.8) is 0 Å². The van der Waals surface area contributed by atoms with E-state index in [4.69, 9.17) is 5.11 Å². The topological polar surface area (TPSA) is 57.6 Å². The minimum atomic E-state index is -4.24. The van der Waals surface area contributed by atoms with Crippen LogP contribution in [-0.2, 0) is 9.59 Å². The third kappa shape index (κ3) is 2.12. The molecule has 0 aromatic carbocycles. The van der Waals surface area contributed by atoms with Crippen LogP contribution in [0.1, 0.15) is 38.5 Å². The maximum absolute atomic E-state index is 13.2. The lowest BCUT2D eigenvalue weighted by Gasteiger charge is -2.54. The van der Waals surface area contributed by atoms with E-state index in [0.29, 0.717) is 25.7 Å². The summed E-state index contributed by atoms with van der Waals surface area (Å²) in [6, 6.07) is 0. The van der Waals surface area contributed by atoms with Crippen molar-refractivity contribution in [2.24, 2.45) is 16.7 Å². The molecule has 3 aliphatic rings. The summed E-state index contributed by atoms with van der Waals surface area (Å²) in [5.74, 6) is -2.99. The molecule has 0 aromatic heterocycles. The molecule has 3 rings (SSSR count). The highest BCUT2D eigenvalue weighted by molar-refractivity contribution is 6.04. The number of nitrogens with zero attached hydrogens (tertiary/aromatic N) is 1.